The number of aromatic nitrogens is 1. The van der Waals surface area contributed by atoms with Crippen LogP contribution in [0, 0.1) is 0 Å². The fourth-order valence-electron chi connectivity index (χ4n) is 0.623. The van der Waals surface area contributed by atoms with Crippen molar-refractivity contribution >= 4 is 11.6 Å². The summed E-state index contributed by atoms with van der Waals surface area (Å²) < 4.78 is 0. The van der Waals surface area contributed by atoms with Crippen LogP contribution in [0.2, 0.25) is 5.15 Å². The van der Waals surface area contributed by atoms with Crippen molar-refractivity contribution in [1.82, 2.24) is 4.98 Å². The number of aliphatic hydroxyl groups is 1. The zero-order chi connectivity index (χ0) is 6.85. The highest BCUT2D eigenvalue weighted by molar-refractivity contribution is 6.29. The smallest absolute Gasteiger partial charge is 0.106 e. The Morgan fingerprint density at radius 3 is 2.67 bits per heavy atom. The van der Waals surface area contributed by atoms with Gasteiger partial charge in [0.1, 0.15) is 5.15 Å². The molecule has 0 aliphatic heterocycles. The first kappa shape index (κ1) is 6.65. The molecule has 2 nitrogen and oxygen atoms in total. The van der Waals surface area contributed by atoms with Gasteiger partial charge in [0.15, 0.2) is 0 Å². The SMILES string of the molecule is CC(O)c1c[nH]c(Cl)c1. The van der Waals surface area contributed by atoms with Crippen molar-refractivity contribution in [3.05, 3.63) is 23.0 Å². The quantitative estimate of drug-likeness (QED) is 0.620. The molecule has 1 aromatic rings. The molecular formula is C6H8ClNO. The minimum atomic E-state index is -0.436. The van der Waals surface area contributed by atoms with Gasteiger partial charge < -0.3 is 10.1 Å². The van der Waals surface area contributed by atoms with Crippen LogP contribution >= 0.6 is 11.6 Å². The number of H-pyrrole nitrogens is 1. The molecule has 9 heavy (non-hydrogen) atoms. The van der Waals surface area contributed by atoms with Gasteiger partial charge in [0.25, 0.3) is 0 Å². The number of nitrogens with one attached hydrogen (secondary N) is 1. The van der Waals surface area contributed by atoms with E-state index in [4.69, 9.17) is 16.7 Å². The molecule has 1 rings (SSSR count). The van der Waals surface area contributed by atoms with Gasteiger partial charge >= 0.3 is 0 Å². The van der Waals surface area contributed by atoms with Gasteiger partial charge in [-0.3, -0.25) is 0 Å². The van der Waals surface area contributed by atoms with Crippen LogP contribution in [-0.2, 0) is 0 Å². The van der Waals surface area contributed by atoms with Crippen molar-refractivity contribution < 1.29 is 5.11 Å². The van der Waals surface area contributed by atoms with Crippen LogP contribution in [0.25, 0.3) is 0 Å². The van der Waals surface area contributed by atoms with Crippen LogP contribution in [0.15, 0.2) is 12.3 Å². The van der Waals surface area contributed by atoms with Crippen LogP contribution in [0.3, 0.4) is 0 Å². The Morgan fingerprint density at radius 1 is 1.78 bits per heavy atom. The zero-order valence-corrected chi connectivity index (χ0v) is 5.81. The van der Waals surface area contributed by atoms with Crippen molar-refractivity contribution in [3.63, 3.8) is 0 Å². The first-order chi connectivity index (χ1) is 4.20. The molecule has 50 valence electrons. The molecule has 1 atom stereocenters. The van der Waals surface area contributed by atoms with Gasteiger partial charge in [0.05, 0.1) is 6.10 Å². The molecule has 0 aromatic carbocycles. The molecule has 1 heterocycles. The lowest BCUT2D eigenvalue weighted by molar-refractivity contribution is 0.199. The van der Waals surface area contributed by atoms with Crippen molar-refractivity contribution in [2.75, 3.05) is 0 Å². The van der Waals surface area contributed by atoms with E-state index in [1.165, 1.54) is 0 Å². The molecule has 0 fully saturated rings. The standard InChI is InChI=1S/C6H8ClNO/c1-4(9)5-2-6(7)8-3-5/h2-4,8-9H,1H3. The summed E-state index contributed by atoms with van der Waals surface area (Å²) in [5, 5.41) is 9.52. The summed E-state index contributed by atoms with van der Waals surface area (Å²) in [7, 11) is 0. The minimum Gasteiger partial charge on any atom is -0.389 e. The Balaban J connectivity index is 2.85. The van der Waals surface area contributed by atoms with Crippen LogP contribution < -0.4 is 0 Å². The van der Waals surface area contributed by atoms with E-state index in [9.17, 15) is 0 Å². The number of hydrogen-bond acceptors (Lipinski definition) is 1. The Bertz CT molecular complexity index is 195. The Labute approximate surface area is 58.5 Å². The van der Waals surface area contributed by atoms with E-state index in [2.05, 4.69) is 4.98 Å². The average molecular weight is 146 g/mol. The maximum Gasteiger partial charge on any atom is 0.106 e. The normalized spacial score (nSPS) is 13.7. The second-order valence-electron chi connectivity index (χ2n) is 1.96. The molecule has 0 saturated carbocycles. The fraction of sp³-hybridized carbons (Fsp3) is 0.333. The van der Waals surface area contributed by atoms with Crippen LogP contribution in [0.4, 0.5) is 0 Å². The first-order valence-corrected chi connectivity index (χ1v) is 3.10. The second kappa shape index (κ2) is 2.42. The van der Waals surface area contributed by atoms with Crippen molar-refractivity contribution in [2.45, 2.75) is 13.0 Å². The maximum absolute atomic E-state index is 8.96. The summed E-state index contributed by atoms with van der Waals surface area (Å²) >= 11 is 5.54. The largest absolute Gasteiger partial charge is 0.389 e. The molecule has 0 saturated heterocycles. The highest BCUT2D eigenvalue weighted by Gasteiger charge is 2.00. The summed E-state index contributed by atoms with van der Waals surface area (Å²) in [6, 6.07) is 1.70. The highest BCUT2D eigenvalue weighted by Crippen LogP contribution is 2.15. The van der Waals surface area contributed by atoms with Crippen LogP contribution in [-0.4, -0.2) is 10.1 Å². The van der Waals surface area contributed by atoms with Crippen molar-refractivity contribution in [2.24, 2.45) is 0 Å². The van der Waals surface area contributed by atoms with Gasteiger partial charge in [-0.05, 0) is 18.6 Å². The predicted molar refractivity (Wildman–Crippen MR) is 36.4 cm³/mol. The van der Waals surface area contributed by atoms with Crippen molar-refractivity contribution in [3.8, 4) is 0 Å². The molecule has 0 bridgehead atoms. The summed E-state index contributed by atoms with van der Waals surface area (Å²) in [4.78, 5) is 2.76. The first-order valence-electron chi connectivity index (χ1n) is 2.72. The van der Waals surface area contributed by atoms with Gasteiger partial charge in [-0.15, -0.1) is 0 Å². The lowest BCUT2D eigenvalue weighted by Gasteiger charge is -1.95. The van der Waals surface area contributed by atoms with Gasteiger partial charge in [0, 0.05) is 6.20 Å². The van der Waals surface area contributed by atoms with Crippen molar-refractivity contribution in [1.29, 1.82) is 0 Å². The molecule has 0 spiro atoms. The third-order valence-corrected chi connectivity index (χ3v) is 1.37. The number of aromatic amines is 1. The zero-order valence-electron chi connectivity index (χ0n) is 5.06. The Kier molecular flexibility index (Phi) is 1.78. The second-order valence-corrected chi connectivity index (χ2v) is 2.36. The maximum atomic E-state index is 8.96. The lowest BCUT2D eigenvalue weighted by Crippen LogP contribution is -1.85. The number of rotatable bonds is 1. The van der Waals surface area contributed by atoms with Gasteiger partial charge in [-0.2, -0.15) is 0 Å². The Hall–Kier alpha value is -0.470. The summed E-state index contributed by atoms with van der Waals surface area (Å²) in [5.41, 5.74) is 0.819. The molecule has 3 heteroatoms. The highest BCUT2D eigenvalue weighted by atomic mass is 35.5. The van der Waals surface area contributed by atoms with E-state index in [0.29, 0.717) is 5.15 Å². The van der Waals surface area contributed by atoms with Crippen LogP contribution in [0.1, 0.15) is 18.6 Å². The summed E-state index contributed by atoms with van der Waals surface area (Å²) in [6.07, 6.45) is 1.25. The molecule has 1 unspecified atom stereocenters. The van der Waals surface area contributed by atoms with Gasteiger partial charge in [-0.1, -0.05) is 11.6 Å². The van der Waals surface area contributed by atoms with E-state index in [1.807, 2.05) is 0 Å². The summed E-state index contributed by atoms with van der Waals surface area (Å²) in [5.74, 6) is 0. The predicted octanol–water partition coefficient (Wildman–Crippen LogP) is 1.72. The molecule has 1 aromatic heterocycles. The van der Waals surface area contributed by atoms with E-state index in [1.54, 1.807) is 19.2 Å². The van der Waals surface area contributed by atoms with E-state index >= 15 is 0 Å². The third-order valence-electron chi connectivity index (χ3n) is 1.15. The molecular weight excluding hydrogens is 138 g/mol. The summed E-state index contributed by atoms with van der Waals surface area (Å²) in [6.45, 7) is 1.69. The van der Waals surface area contributed by atoms with E-state index in [-0.39, 0.29) is 0 Å². The monoisotopic (exact) mass is 145 g/mol. The number of hydrogen-bond donors (Lipinski definition) is 2. The lowest BCUT2D eigenvalue weighted by atomic mass is 10.2. The number of halogens is 1. The molecule has 0 aliphatic rings. The van der Waals surface area contributed by atoms with Crippen LogP contribution in [0.5, 0.6) is 0 Å². The molecule has 0 aliphatic carbocycles. The third kappa shape index (κ3) is 1.47. The topological polar surface area (TPSA) is 36.0 Å². The fourth-order valence-corrected chi connectivity index (χ4v) is 0.804. The number of aliphatic hydroxyl groups excluding tert-OH is 1. The van der Waals surface area contributed by atoms with Gasteiger partial charge in [-0.25, -0.2) is 0 Å². The average Bonchev–Trinajstić information content (AvgIpc) is 2.14. The molecule has 0 radical (unpaired) electrons. The minimum absolute atomic E-state index is 0.436. The van der Waals surface area contributed by atoms with Gasteiger partial charge in [0.2, 0.25) is 0 Å². The molecule has 2 N–H and O–H groups in total. The van der Waals surface area contributed by atoms with E-state index < -0.39 is 6.10 Å². The Morgan fingerprint density at radius 2 is 2.44 bits per heavy atom. The van der Waals surface area contributed by atoms with E-state index in [0.717, 1.165) is 5.56 Å². The molecule has 0 amide bonds.